The van der Waals surface area contributed by atoms with E-state index in [0.717, 1.165) is 45.1 Å². The summed E-state index contributed by atoms with van der Waals surface area (Å²) in [6, 6.07) is 9.81. The van der Waals surface area contributed by atoms with Crippen molar-refractivity contribution in [1.82, 2.24) is 25.5 Å². The normalized spacial score (nSPS) is 10.7. The van der Waals surface area contributed by atoms with Crippen molar-refractivity contribution in [1.29, 1.82) is 0 Å². The monoisotopic (exact) mass is 398 g/mol. The molecule has 0 fully saturated rings. The molecule has 0 aliphatic carbocycles. The number of nitrogens with one attached hydrogen (secondary N) is 1. The zero-order valence-corrected chi connectivity index (χ0v) is 16.2. The summed E-state index contributed by atoms with van der Waals surface area (Å²) < 4.78 is 7.58. The molecule has 1 aromatic carbocycles. The zero-order chi connectivity index (χ0) is 16.9. The van der Waals surface area contributed by atoms with Gasteiger partial charge in [0.15, 0.2) is 0 Å². The molecule has 0 amide bonds. The summed E-state index contributed by atoms with van der Waals surface area (Å²) in [5.41, 5.74) is 2.06. The predicted molar refractivity (Wildman–Crippen MR) is 95.1 cm³/mol. The third-order valence-corrected chi connectivity index (χ3v) is 5.01. The van der Waals surface area contributed by atoms with Gasteiger partial charge in [-0.05, 0) is 41.1 Å². The molecule has 6 nitrogen and oxygen atoms in total. The number of hydrogen-bond donors (Lipinski definition) is 1. The molecule has 0 aliphatic heterocycles. The molecule has 0 bridgehead atoms. The van der Waals surface area contributed by atoms with Crippen molar-refractivity contribution in [3.05, 3.63) is 46.7 Å². The summed E-state index contributed by atoms with van der Waals surface area (Å²) in [7, 11) is 1.83. The Bertz CT molecular complexity index is 820. The molecule has 0 radical (unpaired) electrons. The Balaban J connectivity index is 0.00000225. The molecule has 3 rings (SSSR count). The molecule has 25 heavy (non-hydrogen) atoms. The van der Waals surface area contributed by atoms with Crippen molar-refractivity contribution in [3.8, 4) is 11.3 Å². The van der Waals surface area contributed by atoms with Crippen molar-refractivity contribution in [2.24, 2.45) is 7.05 Å². The Morgan fingerprint density at radius 3 is 2.88 bits per heavy atom. The molecular weight excluding hydrogens is 381 g/mol. The molecule has 3 aromatic rings. The summed E-state index contributed by atoms with van der Waals surface area (Å²) >= 11 is 7.78. The van der Waals surface area contributed by atoms with Crippen LogP contribution in [-0.2, 0) is 13.6 Å². The first kappa shape index (κ1) is 19.8. The van der Waals surface area contributed by atoms with E-state index in [9.17, 15) is 0 Å². The zero-order valence-electron chi connectivity index (χ0n) is 13.9. The highest BCUT2D eigenvalue weighted by molar-refractivity contribution is 7.99. The predicted octanol–water partition coefficient (Wildman–Crippen LogP) is 0.318. The van der Waals surface area contributed by atoms with Crippen molar-refractivity contribution >= 4 is 23.4 Å². The van der Waals surface area contributed by atoms with Crippen LogP contribution in [0.5, 0.6) is 0 Å². The molecule has 0 unspecified atom stereocenters. The second-order valence-corrected chi connectivity index (χ2v) is 6.76. The maximum atomic E-state index is 6.17. The summed E-state index contributed by atoms with van der Waals surface area (Å²) in [5, 5.41) is 16.3. The molecular formula is C16H18Cl2N5OS-. The molecule has 0 atom stereocenters. The van der Waals surface area contributed by atoms with E-state index in [0.29, 0.717) is 6.54 Å². The number of tetrazole rings is 1. The topological polar surface area (TPSA) is 68.8 Å². The molecule has 0 saturated carbocycles. The van der Waals surface area contributed by atoms with Crippen LogP contribution in [0.1, 0.15) is 11.3 Å². The molecule has 0 spiro atoms. The van der Waals surface area contributed by atoms with Crippen molar-refractivity contribution in [3.63, 3.8) is 0 Å². The second-order valence-electron chi connectivity index (χ2n) is 5.29. The van der Waals surface area contributed by atoms with Gasteiger partial charge in [0.1, 0.15) is 11.5 Å². The van der Waals surface area contributed by atoms with Crippen LogP contribution in [0.15, 0.2) is 39.9 Å². The van der Waals surface area contributed by atoms with Gasteiger partial charge < -0.3 is 22.1 Å². The quantitative estimate of drug-likeness (QED) is 0.456. The fraction of sp³-hybridized carbons (Fsp3) is 0.312. The van der Waals surface area contributed by atoms with Gasteiger partial charge in [-0.1, -0.05) is 35.5 Å². The Hall–Kier alpha value is -1.54. The third-order valence-electron chi connectivity index (χ3n) is 3.59. The summed E-state index contributed by atoms with van der Waals surface area (Å²) in [6.07, 6.45) is 0. The first-order valence-corrected chi connectivity index (χ1v) is 8.91. The Morgan fingerprint density at radius 1 is 1.28 bits per heavy atom. The summed E-state index contributed by atoms with van der Waals surface area (Å²) in [4.78, 5) is 0. The van der Waals surface area contributed by atoms with Crippen molar-refractivity contribution in [2.45, 2.75) is 18.6 Å². The first-order valence-electron chi connectivity index (χ1n) is 7.55. The van der Waals surface area contributed by atoms with Crippen LogP contribution < -0.4 is 17.7 Å². The molecule has 2 heterocycles. The van der Waals surface area contributed by atoms with Gasteiger partial charge in [-0.15, -0.1) is 5.10 Å². The number of furan rings is 1. The number of rotatable bonds is 7. The van der Waals surface area contributed by atoms with Gasteiger partial charge in [-0.3, -0.25) is 0 Å². The van der Waals surface area contributed by atoms with Gasteiger partial charge in [-0.25, -0.2) is 4.68 Å². The highest BCUT2D eigenvalue weighted by Crippen LogP contribution is 2.29. The molecule has 9 heteroatoms. The number of nitrogens with zero attached hydrogens (tertiary/aromatic N) is 4. The first-order chi connectivity index (χ1) is 11.6. The Morgan fingerprint density at radius 2 is 2.12 bits per heavy atom. The van der Waals surface area contributed by atoms with Crippen molar-refractivity contribution < 1.29 is 16.8 Å². The van der Waals surface area contributed by atoms with Crippen LogP contribution in [0, 0.1) is 6.92 Å². The van der Waals surface area contributed by atoms with E-state index in [-0.39, 0.29) is 12.4 Å². The number of halogens is 2. The molecule has 134 valence electrons. The van der Waals surface area contributed by atoms with Crippen LogP contribution in [-0.4, -0.2) is 32.5 Å². The minimum Gasteiger partial charge on any atom is -1.00 e. The molecule has 0 aliphatic rings. The molecule has 0 saturated heterocycles. The van der Waals surface area contributed by atoms with E-state index in [1.54, 1.807) is 16.4 Å². The molecule has 2 aromatic heterocycles. The third kappa shape index (κ3) is 4.98. The minimum atomic E-state index is 0. The molecule has 1 N–H and O–H groups in total. The van der Waals surface area contributed by atoms with Gasteiger partial charge >= 0.3 is 0 Å². The number of thioether (sulfide) groups is 1. The van der Waals surface area contributed by atoms with Crippen LogP contribution in [0.3, 0.4) is 0 Å². The van der Waals surface area contributed by atoms with Crippen LogP contribution in [0.25, 0.3) is 11.3 Å². The van der Waals surface area contributed by atoms with Crippen LogP contribution in [0.2, 0.25) is 5.02 Å². The van der Waals surface area contributed by atoms with E-state index in [2.05, 4.69) is 20.8 Å². The fourth-order valence-electron chi connectivity index (χ4n) is 2.26. The Kier molecular flexibility index (Phi) is 7.31. The van der Waals surface area contributed by atoms with Crippen LogP contribution in [0.4, 0.5) is 0 Å². The number of benzene rings is 1. The van der Waals surface area contributed by atoms with Gasteiger partial charge in [0.2, 0.25) is 5.16 Å². The van der Waals surface area contributed by atoms with Gasteiger partial charge in [-0.2, -0.15) is 0 Å². The van der Waals surface area contributed by atoms with Gasteiger partial charge in [0, 0.05) is 29.9 Å². The fourth-order valence-corrected chi connectivity index (χ4v) is 3.18. The van der Waals surface area contributed by atoms with Crippen LogP contribution >= 0.6 is 23.4 Å². The van der Waals surface area contributed by atoms with Gasteiger partial charge in [0.05, 0.1) is 6.54 Å². The van der Waals surface area contributed by atoms with E-state index in [1.807, 2.05) is 44.3 Å². The Labute approximate surface area is 161 Å². The van der Waals surface area contributed by atoms with E-state index >= 15 is 0 Å². The lowest BCUT2D eigenvalue weighted by molar-refractivity contribution is -0.00000561. The van der Waals surface area contributed by atoms with E-state index in [4.69, 9.17) is 16.0 Å². The lowest BCUT2D eigenvalue weighted by atomic mass is 10.1. The van der Waals surface area contributed by atoms with E-state index in [1.165, 1.54) is 0 Å². The average Bonchev–Trinajstić information content (AvgIpc) is 3.19. The smallest absolute Gasteiger partial charge is 0.209 e. The summed E-state index contributed by atoms with van der Waals surface area (Å²) in [6.45, 7) is 3.51. The summed E-state index contributed by atoms with van der Waals surface area (Å²) in [5.74, 6) is 2.62. The maximum Gasteiger partial charge on any atom is 0.209 e. The number of hydrogen-bond acceptors (Lipinski definition) is 6. The van der Waals surface area contributed by atoms with E-state index < -0.39 is 0 Å². The highest BCUT2D eigenvalue weighted by atomic mass is 35.5. The maximum absolute atomic E-state index is 6.17. The largest absolute Gasteiger partial charge is 1.00 e. The highest BCUT2D eigenvalue weighted by Gasteiger charge is 2.09. The lowest BCUT2D eigenvalue weighted by Gasteiger charge is -2.05. The van der Waals surface area contributed by atoms with Gasteiger partial charge in [0.25, 0.3) is 0 Å². The minimum absolute atomic E-state index is 0. The standard InChI is InChI=1S/C16H18ClN5OS.ClH/c1-11-13(4-3-5-14(11)17)15-7-6-12(23-15)10-18-8-9-24-16-19-20-21-22(16)2;/h3-7,18H,8-10H2,1-2H3;1H/p-1. The number of aromatic nitrogens is 4. The average molecular weight is 399 g/mol. The lowest BCUT2D eigenvalue weighted by Crippen LogP contribution is -3.00. The number of aryl methyl sites for hydroxylation is 1. The van der Waals surface area contributed by atoms with Crippen molar-refractivity contribution in [2.75, 3.05) is 12.3 Å². The SMILES string of the molecule is Cc1c(Cl)cccc1-c1ccc(CNCCSc2nnnn2C)o1.[Cl-]. The second kappa shape index (κ2) is 9.24.